The van der Waals surface area contributed by atoms with Crippen LogP contribution in [0.5, 0.6) is 0 Å². The Hall–Kier alpha value is -1.10. The van der Waals surface area contributed by atoms with E-state index in [4.69, 9.17) is 0 Å². The Balaban J connectivity index is 2.16. The van der Waals surface area contributed by atoms with E-state index < -0.39 is 0 Å². The Morgan fingerprint density at radius 1 is 1.43 bits per heavy atom. The van der Waals surface area contributed by atoms with Gasteiger partial charge in [0.2, 0.25) is 5.95 Å². The lowest BCUT2D eigenvalue weighted by Gasteiger charge is -2.11. The van der Waals surface area contributed by atoms with Crippen LogP contribution in [-0.2, 0) is 0 Å². The van der Waals surface area contributed by atoms with Crippen LogP contribution in [0.3, 0.4) is 0 Å². The molecule has 78 valence electrons. The molecule has 1 aromatic rings. The number of hydrogen-bond acceptors (Lipinski definition) is 4. The van der Waals surface area contributed by atoms with Crippen LogP contribution in [0.4, 0.5) is 5.95 Å². The molecular formula is C9H17N5. The Morgan fingerprint density at radius 2 is 2.21 bits per heavy atom. The number of nitrogens with one attached hydrogen (secondary N) is 2. The summed E-state index contributed by atoms with van der Waals surface area (Å²) in [6.45, 7) is 3.26. The molecule has 0 aliphatic carbocycles. The molecule has 2 N–H and O–H groups in total. The van der Waals surface area contributed by atoms with E-state index in [0.717, 1.165) is 24.7 Å². The number of H-pyrrole nitrogens is 1. The van der Waals surface area contributed by atoms with E-state index in [-0.39, 0.29) is 0 Å². The maximum absolute atomic E-state index is 4.46. The van der Waals surface area contributed by atoms with E-state index >= 15 is 0 Å². The van der Waals surface area contributed by atoms with Crippen LogP contribution in [0.1, 0.15) is 25.1 Å². The smallest absolute Gasteiger partial charge is 0.244 e. The number of hydrogen-bond donors (Lipinski definition) is 2. The van der Waals surface area contributed by atoms with Crippen LogP contribution in [-0.4, -0.2) is 41.9 Å². The van der Waals surface area contributed by atoms with E-state index in [0.29, 0.717) is 12.0 Å². The second-order valence-electron chi connectivity index (χ2n) is 4.05. The number of aromatic amines is 1. The van der Waals surface area contributed by atoms with Crippen molar-refractivity contribution < 1.29 is 0 Å². The first-order chi connectivity index (χ1) is 6.68. The quantitative estimate of drug-likeness (QED) is 0.714. The summed E-state index contributed by atoms with van der Waals surface area (Å²) in [4.78, 5) is 6.37. The highest BCUT2D eigenvalue weighted by Gasteiger charge is 2.27. The van der Waals surface area contributed by atoms with Crippen LogP contribution < -0.4 is 10.2 Å². The summed E-state index contributed by atoms with van der Waals surface area (Å²) in [6, 6.07) is 0.498. The molecular weight excluding hydrogens is 178 g/mol. The molecule has 2 atom stereocenters. The predicted molar refractivity (Wildman–Crippen MR) is 55.5 cm³/mol. The summed E-state index contributed by atoms with van der Waals surface area (Å²) < 4.78 is 0. The minimum Gasteiger partial charge on any atom is -0.346 e. The molecule has 0 spiro atoms. The summed E-state index contributed by atoms with van der Waals surface area (Å²) in [6.07, 6.45) is 1.14. The topological polar surface area (TPSA) is 56.8 Å². The van der Waals surface area contributed by atoms with Gasteiger partial charge in [-0.3, -0.25) is 5.10 Å². The number of aromatic nitrogens is 3. The van der Waals surface area contributed by atoms with E-state index in [9.17, 15) is 0 Å². The van der Waals surface area contributed by atoms with Gasteiger partial charge < -0.3 is 10.2 Å². The first-order valence-electron chi connectivity index (χ1n) is 5.01. The van der Waals surface area contributed by atoms with E-state index in [1.54, 1.807) is 0 Å². The van der Waals surface area contributed by atoms with Gasteiger partial charge in [0.05, 0.1) is 0 Å². The molecule has 1 aromatic heterocycles. The van der Waals surface area contributed by atoms with Crippen LogP contribution >= 0.6 is 0 Å². The largest absolute Gasteiger partial charge is 0.346 e. The molecule has 5 nitrogen and oxygen atoms in total. The first kappa shape index (κ1) is 9.45. The molecule has 1 aliphatic rings. The van der Waals surface area contributed by atoms with Crippen LogP contribution in [0, 0.1) is 0 Å². The Labute approximate surface area is 83.9 Å². The van der Waals surface area contributed by atoms with Gasteiger partial charge >= 0.3 is 0 Å². The Bertz CT molecular complexity index is 306. The molecule has 1 aliphatic heterocycles. The summed E-state index contributed by atoms with van der Waals surface area (Å²) in [7, 11) is 3.90. The minimum atomic E-state index is 0.483. The first-order valence-corrected chi connectivity index (χ1v) is 5.01. The monoisotopic (exact) mass is 195 g/mol. The van der Waals surface area contributed by atoms with E-state index in [2.05, 4.69) is 27.4 Å². The summed E-state index contributed by atoms with van der Waals surface area (Å²) >= 11 is 0. The predicted octanol–water partition coefficient (Wildman–Crippen LogP) is 0.336. The lowest BCUT2D eigenvalue weighted by atomic mass is 10.0. The highest BCUT2D eigenvalue weighted by molar-refractivity contribution is 5.26. The van der Waals surface area contributed by atoms with Crippen molar-refractivity contribution in [2.75, 3.05) is 25.5 Å². The van der Waals surface area contributed by atoms with Crippen LogP contribution in [0.2, 0.25) is 0 Å². The van der Waals surface area contributed by atoms with Gasteiger partial charge in [0.1, 0.15) is 5.82 Å². The van der Waals surface area contributed by atoms with Crippen molar-refractivity contribution in [1.82, 2.24) is 20.5 Å². The SMILES string of the molecule is CC1NCCC1c1nc(N(C)C)n[nH]1. The lowest BCUT2D eigenvalue weighted by Crippen LogP contribution is -2.22. The summed E-state index contributed by atoms with van der Waals surface area (Å²) in [5, 5.41) is 10.6. The highest BCUT2D eigenvalue weighted by Crippen LogP contribution is 2.25. The number of rotatable bonds is 2. The standard InChI is InChI=1S/C9H17N5/c1-6-7(4-5-10-6)8-11-9(13-12-8)14(2)3/h6-7,10H,4-5H2,1-3H3,(H,11,12,13). The molecule has 2 rings (SSSR count). The van der Waals surface area contributed by atoms with Crippen molar-refractivity contribution in [3.8, 4) is 0 Å². The molecule has 2 heterocycles. The van der Waals surface area contributed by atoms with Gasteiger partial charge in [0.25, 0.3) is 0 Å². The zero-order valence-electron chi connectivity index (χ0n) is 8.91. The third-order valence-corrected chi connectivity index (χ3v) is 2.77. The molecule has 0 saturated carbocycles. The second kappa shape index (κ2) is 3.57. The van der Waals surface area contributed by atoms with Crippen molar-refractivity contribution in [2.45, 2.75) is 25.3 Å². The molecule has 1 saturated heterocycles. The van der Waals surface area contributed by atoms with Gasteiger partial charge in [0, 0.05) is 26.1 Å². The van der Waals surface area contributed by atoms with E-state index in [1.807, 2.05) is 19.0 Å². The zero-order chi connectivity index (χ0) is 10.1. The van der Waals surface area contributed by atoms with Gasteiger partial charge in [-0.2, -0.15) is 4.98 Å². The molecule has 0 bridgehead atoms. The molecule has 0 amide bonds. The normalized spacial score (nSPS) is 26.8. The van der Waals surface area contributed by atoms with E-state index in [1.165, 1.54) is 0 Å². The third-order valence-electron chi connectivity index (χ3n) is 2.77. The fourth-order valence-corrected chi connectivity index (χ4v) is 1.86. The van der Waals surface area contributed by atoms with Crippen LogP contribution in [0.25, 0.3) is 0 Å². The molecule has 1 fully saturated rings. The van der Waals surface area contributed by atoms with Crippen molar-refractivity contribution in [2.24, 2.45) is 0 Å². The highest BCUT2D eigenvalue weighted by atomic mass is 15.3. The van der Waals surface area contributed by atoms with Gasteiger partial charge in [-0.15, -0.1) is 5.10 Å². The van der Waals surface area contributed by atoms with Gasteiger partial charge in [-0.25, -0.2) is 0 Å². The number of anilines is 1. The van der Waals surface area contributed by atoms with Crippen molar-refractivity contribution >= 4 is 5.95 Å². The lowest BCUT2D eigenvalue weighted by molar-refractivity contribution is 0.570. The molecule has 0 radical (unpaired) electrons. The van der Waals surface area contributed by atoms with Crippen molar-refractivity contribution in [1.29, 1.82) is 0 Å². The molecule has 5 heteroatoms. The average Bonchev–Trinajstić information content (AvgIpc) is 2.71. The molecule has 2 unspecified atom stereocenters. The fourth-order valence-electron chi connectivity index (χ4n) is 1.86. The number of nitrogens with zero attached hydrogens (tertiary/aromatic N) is 3. The summed E-state index contributed by atoms with van der Waals surface area (Å²) in [5.41, 5.74) is 0. The Kier molecular flexibility index (Phi) is 2.41. The second-order valence-corrected chi connectivity index (χ2v) is 4.05. The van der Waals surface area contributed by atoms with Gasteiger partial charge in [-0.1, -0.05) is 0 Å². The third kappa shape index (κ3) is 1.59. The Morgan fingerprint density at radius 3 is 2.71 bits per heavy atom. The van der Waals surface area contributed by atoms with Crippen LogP contribution in [0.15, 0.2) is 0 Å². The summed E-state index contributed by atoms with van der Waals surface area (Å²) in [5.74, 6) is 2.25. The maximum atomic E-state index is 4.46. The molecule has 0 aromatic carbocycles. The minimum absolute atomic E-state index is 0.483. The van der Waals surface area contributed by atoms with Gasteiger partial charge in [0.15, 0.2) is 0 Å². The van der Waals surface area contributed by atoms with Crippen molar-refractivity contribution in [3.05, 3.63) is 5.82 Å². The average molecular weight is 195 g/mol. The fraction of sp³-hybridized carbons (Fsp3) is 0.778. The zero-order valence-corrected chi connectivity index (χ0v) is 8.91. The van der Waals surface area contributed by atoms with Crippen molar-refractivity contribution in [3.63, 3.8) is 0 Å². The maximum Gasteiger partial charge on any atom is 0.244 e. The van der Waals surface area contributed by atoms with Gasteiger partial charge in [-0.05, 0) is 19.9 Å². The molecule has 14 heavy (non-hydrogen) atoms.